The minimum Gasteiger partial charge on any atom is -0.494 e. The lowest BCUT2D eigenvalue weighted by Crippen LogP contribution is -2.40. The molecule has 0 radical (unpaired) electrons. The van der Waals surface area contributed by atoms with Gasteiger partial charge in [-0.2, -0.15) is 15.0 Å². The Balaban J connectivity index is 1.33. The summed E-state index contributed by atoms with van der Waals surface area (Å²) in [6.07, 6.45) is 4.32. The Kier molecular flexibility index (Phi) is 10.1. The topological polar surface area (TPSA) is 99.1 Å². The number of anilines is 2. The van der Waals surface area contributed by atoms with Crippen LogP contribution in [-0.4, -0.2) is 86.7 Å². The molecule has 2 aliphatic heterocycles. The summed E-state index contributed by atoms with van der Waals surface area (Å²) in [5, 5.41) is 0. The van der Waals surface area contributed by atoms with Crippen molar-refractivity contribution in [3.63, 3.8) is 0 Å². The molecule has 36 heavy (non-hydrogen) atoms. The second kappa shape index (κ2) is 13.9. The number of benzene rings is 1. The van der Waals surface area contributed by atoms with E-state index in [4.69, 9.17) is 33.9 Å². The van der Waals surface area contributed by atoms with E-state index in [-0.39, 0.29) is 5.97 Å². The molecular formula is C26H37N5O5. The Morgan fingerprint density at radius 3 is 2.00 bits per heavy atom. The van der Waals surface area contributed by atoms with Gasteiger partial charge in [0.15, 0.2) is 5.82 Å². The molecule has 3 heterocycles. The van der Waals surface area contributed by atoms with E-state index >= 15 is 0 Å². The van der Waals surface area contributed by atoms with Crippen molar-refractivity contribution in [3.8, 4) is 17.1 Å². The van der Waals surface area contributed by atoms with Crippen LogP contribution in [0.15, 0.2) is 24.3 Å². The number of nitrogens with zero attached hydrogens (tertiary/aromatic N) is 5. The monoisotopic (exact) mass is 499 g/mol. The molecule has 0 spiro atoms. The minimum absolute atomic E-state index is 0.110. The quantitative estimate of drug-likeness (QED) is 0.320. The molecule has 4 rings (SSSR count). The molecule has 0 saturated carbocycles. The first-order chi connectivity index (χ1) is 17.7. The first-order valence-corrected chi connectivity index (χ1v) is 13.0. The average molecular weight is 500 g/mol. The van der Waals surface area contributed by atoms with Crippen LogP contribution in [0.3, 0.4) is 0 Å². The molecule has 0 N–H and O–H groups in total. The van der Waals surface area contributed by atoms with Gasteiger partial charge in [0.1, 0.15) is 5.75 Å². The van der Waals surface area contributed by atoms with E-state index in [9.17, 15) is 4.79 Å². The maximum absolute atomic E-state index is 11.4. The molecule has 0 aliphatic carbocycles. The summed E-state index contributed by atoms with van der Waals surface area (Å²) in [6.45, 7) is 8.67. The van der Waals surface area contributed by atoms with Crippen LogP contribution in [0.4, 0.5) is 11.9 Å². The number of rotatable bonds is 12. The van der Waals surface area contributed by atoms with E-state index in [0.717, 1.165) is 63.2 Å². The van der Waals surface area contributed by atoms with Gasteiger partial charge in [-0.1, -0.05) is 12.8 Å². The summed E-state index contributed by atoms with van der Waals surface area (Å²) in [6, 6.07) is 7.91. The number of esters is 1. The zero-order valence-electron chi connectivity index (χ0n) is 21.2. The van der Waals surface area contributed by atoms with Gasteiger partial charge in [-0.05, 0) is 44.0 Å². The van der Waals surface area contributed by atoms with Crippen LogP contribution >= 0.6 is 0 Å². The lowest BCUT2D eigenvalue weighted by atomic mass is 10.1. The van der Waals surface area contributed by atoms with Crippen LogP contribution in [-0.2, 0) is 19.0 Å². The molecule has 1 aromatic carbocycles. The van der Waals surface area contributed by atoms with Crippen LogP contribution in [0.25, 0.3) is 11.4 Å². The molecule has 2 saturated heterocycles. The third-order valence-electron chi connectivity index (χ3n) is 6.16. The Morgan fingerprint density at radius 1 is 0.833 bits per heavy atom. The second-order valence-corrected chi connectivity index (χ2v) is 8.80. The second-order valence-electron chi connectivity index (χ2n) is 8.80. The fourth-order valence-electron chi connectivity index (χ4n) is 4.14. The van der Waals surface area contributed by atoms with Crippen molar-refractivity contribution >= 4 is 17.9 Å². The highest BCUT2D eigenvalue weighted by molar-refractivity contribution is 5.69. The molecule has 0 unspecified atom stereocenters. The van der Waals surface area contributed by atoms with Crippen molar-refractivity contribution in [1.29, 1.82) is 0 Å². The molecule has 0 atom stereocenters. The number of carbonyl (C=O) groups is 1. The number of carbonyl (C=O) groups excluding carboxylic acids is 1. The van der Waals surface area contributed by atoms with E-state index in [2.05, 4.69) is 9.80 Å². The summed E-state index contributed by atoms with van der Waals surface area (Å²) < 4.78 is 21.9. The van der Waals surface area contributed by atoms with Crippen LogP contribution in [0, 0.1) is 0 Å². The normalized spacial score (nSPS) is 16.1. The Bertz CT molecular complexity index is 910. The van der Waals surface area contributed by atoms with E-state index in [0.29, 0.717) is 63.8 Å². The van der Waals surface area contributed by atoms with Gasteiger partial charge in [-0.3, -0.25) is 4.79 Å². The predicted molar refractivity (Wildman–Crippen MR) is 137 cm³/mol. The lowest BCUT2D eigenvalue weighted by Gasteiger charge is -2.30. The summed E-state index contributed by atoms with van der Waals surface area (Å²) in [4.78, 5) is 30.1. The van der Waals surface area contributed by atoms with Gasteiger partial charge in [0.2, 0.25) is 11.9 Å². The van der Waals surface area contributed by atoms with Gasteiger partial charge in [-0.15, -0.1) is 0 Å². The summed E-state index contributed by atoms with van der Waals surface area (Å²) >= 11 is 0. The standard InChI is InChI=1S/C26H37N5O5/c1-2-35-23(32)7-5-3-4-6-16-36-22-10-8-21(9-11-22)24-27-25(30-12-17-33-18-13-30)29-26(28-24)31-14-19-34-20-15-31/h8-11H,2-7,12-20H2,1H3. The highest BCUT2D eigenvalue weighted by atomic mass is 16.5. The molecule has 10 nitrogen and oxygen atoms in total. The van der Waals surface area contributed by atoms with E-state index in [1.807, 2.05) is 31.2 Å². The Labute approximate surface area is 212 Å². The average Bonchev–Trinajstić information content (AvgIpc) is 2.94. The van der Waals surface area contributed by atoms with Gasteiger partial charge in [0.25, 0.3) is 0 Å². The molecule has 196 valence electrons. The molecule has 0 amide bonds. The van der Waals surface area contributed by atoms with Gasteiger partial charge in [-0.25, -0.2) is 0 Å². The molecular weight excluding hydrogens is 462 g/mol. The van der Waals surface area contributed by atoms with E-state index in [1.165, 1.54) is 0 Å². The smallest absolute Gasteiger partial charge is 0.305 e. The third kappa shape index (κ3) is 7.76. The molecule has 2 aliphatic rings. The molecule has 10 heteroatoms. The van der Waals surface area contributed by atoms with Gasteiger partial charge >= 0.3 is 5.97 Å². The zero-order chi connectivity index (χ0) is 25.0. The lowest BCUT2D eigenvalue weighted by molar-refractivity contribution is -0.143. The fraction of sp³-hybridized carbons (Fsp3) is 0.615. The van der Waals surface area contributed by atoms with Crippen LogP contribution in [0.2, 0.25) is 0 Å². The number of morpholine rings is 2. The number of ether oxygens (including phenoxy) is 4. The van der Waals surface area contributed by atoms with Crippen molar-refractivity contribution in [2.75, 3.05) is 75.6 Å². The number of unbranched alkanes of at least 4 members (excludes halogenated alkanes) is 3. The number of hydrogen-bond donors (Lipinski definition) is 0. The van der Waals surface area contributed by atoms with Crippen LogP contribution in [0.1, 0.15) is 39.0 Å². The summed E-state index contributed by atoms with van der Waals surface area (Å²) in [5.41, 5.74) is 0.924. The number of aromatic nitrogens is 3. The van der Waals surface area contributed by atoms with E-state index < -0.39 is 0 Å². The first-order valence-electron chi connectivity index (χ1n) is 13.0. The SMILES string of the molecule is CCOC(=O)CCCCCCOc1ccc(-c2nc(N3CCOCC3)nc(N3CCOCC3)n2)cc1. The Morgan fingerprint density at radius 2 is 1.42 bits per heavy atom. The Hall–Kier alpha value is -2.98. The van der Waals surface area contributed by atoms with Crippen LogP contribution in [0.5, 0.6) is 5.75 Å². The molecule has 0 bridgehead atoms. The molecule has 2 fully saturated rings. The summed E-state index contributed by atoms with van der Waals surface area (Å²) in [5.74, 6) is 2.74. The number of hydrogen-bond acceptors (Lipinski definition) is 10. The van der Waals surface area contributed by atoms with Crippen molar-refractivity contribution in [2.45, 2.75) is 39.0 Å². The zero-order valence-corrected chi connectivity index (χ0v) is 21.2. The van der Waals surface area contributed by atoms with Gasteiger partial charge < -0.3 is 28.7 Å². The van der Waals surface area contributed by atoms with Crippen molar-refractivity contribution in [2.24, 2.45) is 0 Å². The third-order valence-corrected chi connectivity index (χ3v) is 6.16. The highest BCUT2D eigenvalue weighted by Gasteiger charge is 2.21. The van der Waals surface area contributed by atoms with Gasteiger partial charge in [0, 0.05) is 38.2 Å². The maximum Gasteiger partial charge on any atom is 0.305 e. The van der Waals surface area contributed by atoms with Crippen molar-refractivity contribution in [3.05, 3.63) is 24.3 Å². The largest absolute Gasteiger partial charge is 0.494 e. The van der Waals surface area contributed by atoms with Gasteiger partial charge in [0.05, 0.1) is 39.6 Å². The van der Waals surface area contributed by atoms with Crippen LogP contribution < -0.4 is 14.5 Å². The minimum atomic E-state index is -0.110. The fourth-order valence-corrected chi connectivity index (χ4v) is 4.14. The summed E-state index contributed by atoms with van der Waals surface area (Å²) in [7, 11) is 0. The molecule has 2 aromatic rings. The predicted octanol–water partition coefficient (Wildman–Crippen LogP) is 3.10. The maximum atomic E-state index is 11.4. The van der Waals surface area contributed by atoms with Crippen molar-refractivity contribution in [1.82, 2.24) is 15.0 Å². The molecule has 1 aromatic heterocycles. The van der Waals surface area contributed by atoms with E-state index in [1.54, 1.807) is 0 Å². The first kappa shape index (κ1) is 26.1. The van der Waals surface area contributed by atoms with Crippen molar-refractivity contribution < 1.29 is 23.7 Å². The highest BCUT2D eigenvalue weighted by Crippen LogP contribution is 2.24.